The monoisotopic (exact) mass is 182 g/mol. The van der Waals surface area contributed by atoms with Crippen LogP contribution in [-0.2, 0) is 0 Å². The van der Waals surface area contributed by atoms with Crippen LogP contribution < -0.4 is 5.32 Å². The minimum atomic E-state index is 0.346. The molecule has 76 valence electrons. The minimum absolute atomic E-state index is 0.346. The van der Waals surface area contributed by atoms with E-state index in [0.29, 0.717) is 5.54 Å². The molecule has 0 saturated carbocycles. The number of hydrogen-bond acceptors (Lipinski definition) is 2. The summed E-state index contributed by atoms with van der Waals surface area (Å²) >= 11 is 0. The van der Waals surface area contributed by atoms with Crippen molar-refractivity contribution in [1.82, 2.24) is 10.2 Å². The standard InChI is InChI=1S/C11H22N2/c1-4-9-13(5-2)10-11(3)7-6-8-12-11/h4,12H,1,5-10H2,2-3H3. The molecule has 1 aliphatic heterocycles. The molecule has 2 heteroatoms. The number of likely N-dealkylation sites (N-methyl/N-ethyl adjacent to an activating group) is 1. The van der Waals surface area contributed by atoms with Gasteiger partial charge in [-0.1, -0.05) is 13.0 Å². The van der Waals surface area contributed by atoms with E-state index in [9.17, 15) is 0 Å². The SMILES string of the molecule is C=CCN(CC)CC1(C)CCCN1. The van der Waals surface area contributed by atoms with Crippen molar-refractivity contribution < 1.29 is 0 Å². The molecule has 1 saturated heterocycles. The van der Waals surface area contributed by atoms with Gasteiger partial charge in [-0.25, -0.2) is 0 Å². The van der Waals surface area contributed by atoms with E-state index in [4.69, 9.17) is 0 Å². The van der Waals surface area contributed by atoms with Crippen LogP contribution in [0, 0.1) is 0 Å². The summed E-state index contributed by atoms with van der Waals surface area (Å²) in [7, 11) is 0. The van der Waals surface area contributed by atoms with E-state index in [1.807, 2.05) is 6.08 Å². The molecule has 1 heterocycles. The highest BCUT2D eigenvalue weighted by Crippen LogP contribution is 2.19. The van der Waals surface area contributed by atoms with Crippen LogP contribution in [0.2, 0.25) is 0 Å². The van der Waals surface area contributed by atoms with Crippen molar-refractivity contribution in [2.24, 2.45) is 0 Å². The van der Waals surface area contributed by atoms with Gasteiger partial charge in [0.05, 0.1) is 0 Å². The van der Waals surface area contributed by atoms with Gasteiger partial charge in [0.25, 0.3) is 0 Å². The van der Waals surface area contributed by atoms with Crippen molar-refractivity contribution in [2.75, 3.05) is 26.2 Å². The van der Waals surface area contributed by atoms with Crippen molar-refractivity contribution in [3.63, 3.8) is 0 Å². The third kappa shape index (κ3) is 3.12. The first-order valence-electron chi connectivity index (χ1n) is 5.28. The maximum Gasteiger partial charge on any atom is 0.0281 e. The van der Waals surface area contributed by atoms with Gasteiger partial charge in [0.15, 0.2) is 0 Å². The molecule has 1 fully saturated rings. The lowest BCUT2D eigenvalue weighted by Gasteiger charge is -2.31. The first kappa shape index (κ1) is 10.7. The minimum Gasteiger partial charge on any atom is -0.310 e. The van der Waals surface area contributed by atoms with Crippen molar-refractivity contribution in [1.29, 1.82) is 0 Å². The Hall–Kier alpha value is -0.340. The average Bonchev–Trinajstić information content (AvgIpc) is 2.51. The summed E-state index contributed by atoms with van der Waals surface area (Å²) in [6.07, 6.45) is 4.62. The van der Waals surface area contributed by atoms with Gasteiger partial charge in [0, 0.05) is 18.6 Å². The summed E-state index contributed by atoms with van der Waals surface area (Å²) in [5.74, 6) is 0. The molecule has 13 heavy (non-hydrogen) atoms. The third-order valence-electron chi connectivity index (χ3n) is 2.86. The maximum atomic E-state index is 3.78. The molecule has 1 atom stereocenters. The molecule has 2 nitrogen and oxygen atoms in total. The van der Waals surface area contributed by atoms with E-state index >= 15 is 0 Å². The Morgan fingerprint density at radius 3 is 2.85 bits per heavy atom. The van der Waals surface area contributed by atoms with E-state index in [2.05, 4.69) is 30.6 Å². The predicted molar refractivity (Wildman–Crippen MR) is 58.0 cm³/mol. The molecule has 1 N–H and O–H groups in total. The molecule has 1 aliphatic rings. The second-order valence-electron chi connectivity index (χ2n) is 4.21. The Morgan fingerprint density at radius 2 is 2.38 bits per heavy atom. The Bertz CT molecular complexity index is 159. The van der Waals surface area contributed by atoms with Gasteiger partial charge in [-0.2, -0.15) is 0 Å². The number of rotatable bonds is 5. The quantitative estimate of drug-likeness (QED) is 0.650. The average molecular weight is 182 g/mol. The van der Waals surface area contributed by atoms with Gasteiger partial charge >= 0.3 is 0 Å². The highest BCUT2D eigenvalue weighted by atomic mass is 15.2. The normalized spacial score (nSPS) is 28.2. The number of nitrogens with one attached hydrogen (secondary N) is 1. The van der Waals surface area contributed by atoms with Gasteiger partial charge in [-0.15, -0.1) is 6.58 Å². The van der Waals surface area contributed by atoms with E-state index in [1.54, 1.807) is 0 Å². The van der Waals surface area contributed by atoms with E-state index in [1.165, 1.54) is 19.4 Å². The van der Waals surface area contributed by atoms with Crippen molar-refractivity contribution >= 4 is 0 Å². The fraction of sp³-hybridized carbons (Fsp3) is 0.818. The molecular weight excluding hydrogens is 160 g/mol. The van der Waals surface area contributed by atoms with Gasteiger partial charge in [0.2, 0.25) is 0 Å². The molecule has 0 aromatic rings. The van der Waals surface area contributed by atoms with Crippen LogP contribution in [0.4, 0.5) is 0 Å². The summed E-state index contributed by atoms with van der Waals surface area (Å²) in [6, 6.07) is 0. The Balaban J connectivity index is 2.39. The maximum absolute atomic E-state index is 3.78. The number of nitrogens with zero attached hydrogens (tertiary/aromatic N) is 1. The molecule has 0 amide bonds. The smallest absolute Gasteiger partial charge is 0.0281 e. The Kier molecular flexibility index (Phi) is 3.94. The molecule has 0 bridgehead atoms. The van der Waals surface area contributed by atoms with Crippen LogP contribution in [0.25, 0.3) is 0 Å². The molecule has 0 spiro atoms. The molecule has 1 rings (SSSR count). The first-order valence-corrected chi connectivity index (χ1v) is 5.28. The van der Waals surface area contributed by atoms with E-state index in [0.717, 1.165) is 19.6 Å². The largest absolute Gasteiger partial charge is 0.310 e. The van der Waals surface area contributed by atoms with Gasteiger partial charge < -0.3 is 5.32 Å². The van der Waals surface area contributed by atoms with Crippen molar-refractivity contribution in [3.05, 3.63) is 12.7 Å². The molecule has 0 aliphatic carbocycles. The molecule has 0 aromatic carbocycles. The zero-order valence-electron chi connectivity index (χ0n) is 8.97. The summed E-state index contributed by atoms with van der Waals surface area (Å²) in [5, 5.41) is 3.58. The summed E-state index contributed by atoms with van der Waals surface area (Å²) in [5.41, 5.74) is 0.346. The molecule has 1 unspecified atom stereocenters. The van der Waals surface area contributed by atoms with Gasteiger partial charge in [-0.05, 0) is 32.9 Å². The fourth-order valence-corrected chi connectivity index (χ4v) is 2.07. The van der Waals surface area contributed by atoms with Crippen LogP contribution in [0.3, 0.4) is 0 Å². The van der Waals surface area contributed by atoms with Crippen LogP contribution in [0.15, 0.2) is 12.7 Å². The van der Waals surface area contributed by atoms with E-state index < -0.39 is 0 Å². The predicted octanol–water partition coefficient (Wildman–Crippen LogP) is 1.64. The van der Waals surface area contributed by atoms with Crippen molar-refractivity contribution in [3.8, 4) is 0 Å². The highest BCUT2D eigenvalue weighted by molar-refractivity contribution is 4.92. The van der Waals surface area contributed by atoms with Gasteiger partial charge in [-0.3, -0.25) is 4.90 Å². The Labute approximate surface area is 82.0 Å². The Morgan fingerprint density at radius 1 is 1.62 bits per heavy atom. The fourth-order valence-electron chi connectivity index (χ4n) is 2.07. The first-order chi connectivity index (χ1) is 6.20. The van der Waals surface area contributed by atoms with Crippen LogP contribution >= 0.6 is 0 Å². The summed E-state index contributed by atoms with van der Waals surface area (Å²) < 4.78 is 0. The molecular formula is C11H22N2. The second-order valence-corrected chi connectivity index (χ2v) is 4.21. The molecule has 0 aromatic heterocycles. The summed E-state index contributed by atoms with van der Waals surface area (Å²) in [4.78, 5) is 2.44. The van der Waals surface area contributed by atoms with Crippen LogP contribution in [-0.4, -0.2) is 36.6 Å². The van der Waals surface area contributed by atoms with Crippen LogP contribution in [0.1, 0.15) is 26.7 Å². The van der Waals surface area contributed by atoms with Crippen LogP contribution in [0.5, 0.6) is 0 Å². The highest BCUT2D eigenvalue weighted by Gasteiger charge is 2.29. The topological polar surface area (TPSA) is 15.3 Å². The lowest BCUT2D eigenvalue weighted by atomic mass is 10.00. The number of hydrogen-bond donors (Lipinski definition) is 1. The lowest BCUT2D eigenvalue weighted by Crippen LogP contribution is -2.47. The van der Waals surface area contributed by atoms with E-state index in [-0.39, 0.29) is 0 Å². The zero-order valence-corrected chi connectivity index (χ0v) is 8.97. The summed E-state index contributed by atoms with van der Waals surface area (Å²) in [6.45, 7) is 12.8. The third-order valence-corrected chi connectivity index (χ3v) is 2.86. The van der Waals surface area contributed by atoms with Crippen molar-refractivity contribution in [2.45, 2.75) is 32.2 Å². The molecule has 0 radical (unpaired) electrons. The lowest BCUT2D eigenvalue weighted by molar-refractivity contribution is 0.229. The second kappa shape index (κ2) is 4.77. The van der Waals surface area contributed by atoms with Gasteiger partial charge in [0.1, 0.15) is 0 Å². The zero-order chi connectivity index (χ0) is 9.73.